The minimum Gasteiger partial charge on any atom is -0.391 e. The molecule has 0 spiro atoms. The molecule has 2 unspecified atom stereocenters. The molecule has 5 nitrogen and oxygen atoms in total. The summed E-state index contributed by atoms with van der Waals surface area (Å²) in [7, 11) is 0. The summed E-state index contributed by atoms with van der Waals surface area (Å²) in [6, 6.07) is 5.63. The molecular formula is C12H21ClN4O. The molecule has 1 saturated heterocycles. The van der Waals surface area contributed by atoms with Gasteiger partial charge in [0.2, 0.25) is 0 Å². The Hall–Kier alpha value is -0.880. The number of rotatable bonds is 4. The van der Waals surface area contributed by atoms with E-state index in [-0.39, 0.29) is 24.4 Å². The average molecular weight is 273 g/mol. The predicted molar refractivity (Wildman–Crippen MR) is 74.6 cm³/mol. The normalized spacial score (nSPS) is 23.9. The summed E-state index contributed by atoms with van der Waals surface area (Å²) >= 11 is 0. The summed E-state index contributed by atoms with van der Waals surface area (Å²) in [6.07, 6.45) is 0.484. The van der Waals surface area contributed by atoms with Crippen molar-refractivity contribution in [2.75, 3.05) is 31.9 Å². The summed E-state index contributed by atoms with van der Waals surface area (Å²) in [5, 5.41) is 9.98. The fourth-order valence-electron chi connectivity index (χ4n) is 2.39. The van der Waals surface area contributed by atoms with Gasteiger partial charge >= 0.3 is 0 Å². The second-order valence-electron chi connectivity index (χ2n) is 4.63. The van der Waals surface area contributed by atoms with Crippen molar-refractivity contribution in [1.29, 1.82) is 0 Å². The second-order valence-corrected chi connectivity index (χ2v) is 4.63. The molecule has 1 aliphatic rings. The zero-order valence-electron chi connectivity index (χ0n) is 10.3. The van der Waals surface area contributed by atoms with Crippen LogP contribution in [0.15, 0.2) is 18.2 Å². The van der Waals surface area contributed by atoms with Gasteiger partial charge in [0.1, 0.15) is 5.82 Å². The highest BCUT2D eigenvalue weighted by molar-refractivity contribution is 5.85. The molecule has 0 aliphatic carbocycles. The van der Waals surface area contributed by atoms with Gasteiger partial charge < -0.3 is 16.6 Å². The van der Waals surface area contributed by atoms with Crippen molar-refractivity contribution >= 4 is 18.2 Å². The van der Waals surface area contributed by atoms with E-state index in [0.29, 0.717) is 18.9 Å². The van der Waals surface area contributed by atoms with Gasteiger partial charge in [0.25, 0.3) is 0 Å². The highest BCUT2D eigenvalue weighted by Crippen LogP contribution is 2.20. The molecule has 1 aromatic rings. The van der Waals surface area contributed by atoms with Gasteiger partial charge in [-0.05, 0) is 18.6 Å². The maximum Gasteiger partial charge on any atom is 0.123 e. The summed E-state index contributed by atoms with van der Waals surface area (Å²) in [5.74, 6) is 0.768. The fourth-order valence-corrected chi connectivity index (χ4v) is 2.39. The van der Waals surface area contributed by atoms with Gasteiger partial charge in [0, 0.05) is 37.8 Å². The van der Waals surface area contributed by atoms with Crippen LogP contribution in [-0.4, -0.2) is 47.3 Å². The van der Waals surface area contributed by atoms with Crippen LogP contribution >= 0.6 is 12.4 Å². The van der Waals surface area contributed by atoms with Crippen LogP contribution < -0.4 is 11.5 Å². The Balaban J connectivity index is 0.00000162. The van der Waals surface area contributed by atoms with Gasteiger partial charge in [0.05, 0.1) is 6.10 Å². The Kier molecular flexibility index (Phi) is 5.81. The smallest absolute Gasteiger partial charge is 0.123 e. The predicted octanol–water partition coefficient (Wildman–Crippen LogP) is -0.121. The maximum atomic E-state index is 9.98. The van der Waals surface area contributed by atoms with Gasteiger partial charge in [-0.3, -0.25) is 4.90 Å². The largest absolute Gasteiger partial charge is 0.391 e. The van der Waals surface area contributed by atoms with Crippen LogP contribution in [0.3, 0.4) is 0 Å². The van der Waals surface area contributed by atoms with E-state index in [1.54, 1.807) is 6.07 Å². The van der Waals surface area contributed by atoms with Crippen molar-refractivity contribution in [3.8, 4) is 0 Å². The number of nitrogens with zero attached hydrogens (tertiary/aromatic N) is 2. The molecule has 1 aromatic heterocycles. The number of nitrogen functional groups attached to an aromatic ring is 1. The van der Waals surface area contributed by atoms with E-state index in [2.05, 4.69) is 9.88 Å². The molecule has 102 valence electrons. The van der Waals surface area contributed by atoms with E-state index in [4.69, 9.17) is 11.5 Å². The highest BCUT2D eigenvalue weighted by atomic mass is 35.5. The van der Waals surface area contributed by atoms with Crippen molar-refractivity contribution < 1.29 is 5.11 Å². The number of hydrogen-bond donors (Lipinski definition) is 3. The van der Waals surface area contributed by atoms with Crippen LogP contribution in [0.1, 0.15) is 5.69 Å². The minimum atomic E-state index is -0.287. The lowest BCUT2D eigenvalue weighted by atomic mass is 10.00. The Morgan fingerprint density at radius 2 is 2.17 bits per heavy atom. The summed E-state index contributed by atoms with van der Waals surface area (Å²) in [5.41, 5.74) is 12.1. The number of aromatic nitrogens is 1. The molecule has 2 rings (SSSR count). The third-order valence-corrected chi connectivity index (χ3v) is 3.23. The van der Waals surface area contributed by atoms with Gasteiger partial charge in [-0.2, -0.15) is 0 Å². The second kappa shape index (κ2) is 6.89. The molecule has 0 bridgehead atoms. The lowest BCUT2D eigenvalue weighted by Crippen LogP contribution is -2.28. The Morgan fingerprint density at radius 3 is 2.83 bits per heavy atom. The first-order chi connectivity index (χ1) is 8.19. The first-order valence-corrected chi connectivity index (χ1v) is 6.01. The summed E-state index contributed by atoms with van der Waals surface area (Å²) < 4.78 is 0. The van der Waals surface area contributed by atoms with Gasteiger partial charge in [-0.15, -0.1) is 12.4 Å². The zero-order chi connectivity index (χ0) is 12.3. The third kappa shape index (κ3) is 3.81. The van der Waals surface area contributed by atoms with Crippen molar-refractivity contribution in [1.82, 2.24) is 9.88 Å². The van der Waals surface area contributed by atoms with Crippen molar-refractivity contribution in [3.63, 3.8) is 0 Å². The number of likely N-dealkylation sites (tertiary alicyclic amines) is 1. The van der Waals surface area contributed by atoms with E-state index in [9.17, 15) is 5.11 Å². The number of β-amino-alcohol motifs (C(OH)–C–C–N with tert-alkyl or cyclic N) is 1. The maximum absolute atomic E-state index is 9.98. The number of pyridine rings is 1. The Morgan fingerprint density at radius 1 is 1.39 bits per heavy atom. The van der Waals surface area contributed by atoms with E-state index in [1.807, 2.05) is 12.1 Å². The number of halogens is 1. The van der Waals surface area contributed by atoms with Crippen molar-refractivity contribution in [3.05, 3.63) is 23.9 Å². The molecule has 0 radical (unpaired) electrons. The number of hydrogen-bond acceptors (Lipinski definition) is 5. The van der Waals surface area contributed by atoms with Crippen molar-refractivity contribution in [2.24, 2.45) is 11.7 Å². The van der Waals surface area contributed by atoms with E-state index in [1.165, 1.54) is 0 Å². The van der Waals surface area contributed by atoms with E-state index < -0.39 is 0 Å². The van der Waals surface area contributed by atoms with Crippen molar-refractivity contribution in [2.45, 2.75) is 12.5 Å². The van der Waals surface area contributed by atoms with Gasteiger partial charge in [0.15, 0.2) is 0 Å². The monoisotopic (exact) mass is 272 g/mol. The number of anilines is 1. The summed E-state index contributed by atoms with van der Waals surface area (Å²) in [4.78, 5) is 6.46. The molecule has 6 heteroatoms. The molecule has 1 fully saturated rings. The van der Waals surface area contributed by atoms with Gasteiger partial charge in [-0.1, -0.05) is 6.07 Å². The zero-order valence-corrected chi connectivity index (χ0v) is 11.1. The Labute approximate surface area is 114 Å². The molecule has 18 heavy (non-hydrogen) atoms. The number of nitrogens with two attached hydrogens (primary N) is 2. The minimum absolute atomic E-state index is 0. The first-order valence-electron chi connectivity index (χ1n) is 6.01. The van der Waals surface area contributed by atoms with E-state index >= 15 is 0 Å². The van der Waals surface area contributed by atoms with Crippen LogP contribution in [0.4, 0.5) is 5.82 Å². The molecule has 5 N–H and O–H groups in total. The molecule has 0 amide bonds. The molecular weight excluding hydrogens is 252 g/mol. The molecule has 1 aliphatic heterocycles. The highest BCUT2D eigenvalue weighted by Gasteiger charge is 2.30. The lowest BCUT2D eigenvalue weighted by Gasteiger charge is -2.14. The standard InChI is InChI=1S/C12H20N4O.ClH/c13-4-5-16-7-9(11(17)8-16)6-10-2-1-3-12(14)15-10;/h1-3,9,11,17H,4-8,13H2,(H2,14,15);1H. The van der Waals surface area contributed by atoms with Gasteiger partial charge in [-0.25, -0.2) is 4.98 Å². The molecule has 0 aromatic carbocycles. The quantitative estimate of drug-likeness (QED) is 0.711. The number of aliphatic hydroxyl groups is 1. The van der Waals surface area contributed by atoms with Crippen LogP contribution in [-0.2, 0) is 6.42 Å². The third-order valence-electron chi connectivity index (χ3n) is 3.23. The van der Waals surface area contributed by atoms with E-state index in [0.717, 1.165) is 25.2 Å². The molecule has 2 atom stereocenters. The SMILES string of the molecule is Cl.NCCN1CC(O)C(Cc2cccc(N)n2)C1. The molecule has 0 saturated carbocycles. The van der Waals surface area contributed by atoms with Crippen LogP contribution in [0.2, 0.25) is 0 Å². The topological polar surface area (TPSA) is 88.4 Å². The van der Waals surface area contributed by atoms with Crippen LogP contribution in [0.5, 0.6) is 0 Å². The number of aliphatic hydroxyl groups excluding tert-OH is 1. The lowest BCUT2D eigenvalue weighted by molar-refractivity contribution is 0.141. The first kappa shape index (κ1) is 15.2. The Bertz CT molecular complexity index is 377. The van der Waals surface area contributed by atoms with Crippen LogP contribution in [0.25, 0.3) is 0 Å². The fraction of sp³-hybridized carbons (Fsp3) is 0.583. The summed E-state index contributed by atoms with van der Waals surface area (Å²) in [6.45, 7) is 3.08. The molecule has 2 heterocycles. The average Bonchev–Trinajstić information content (AvgIpc) is 2.60. The van der Waals surface area contributed by atoms with Crippen LogP contribution in [0, 0.1) is 5.92 Å².